The Morgan fingerprint density at radius 1 is 1.44 bits per heavy atom. The normalized spacial score (nSPS) is 13.8. The summed E-state index contributed by atoms with van der Waals surface area (Å²) in [5.41, 5.74) is 0.810. The first-order valence-electron chi connectivity index (χ1n) is 5.80. The molecule has 104 valence electrons. The fourth-order valence-corrected chi connectivity index (χ4v) is 2.90. The molecule has 0 N–H and O–H groups in total. The Morgan fingerprint density at radius 2 is 2.06 bits per heavy atom. The molecule has 0 aromatic rings. The molecule has 0 aliphatic carbocycles. The van der Waals surface area contributed by atoms with Crippen LogP contribution in [0.1, 0.15) is 26.7 Å². The van der Waals surface area contributed by atoms with Crippen molar-refractivity contribution in [3.05, 3.63) is 33.7 Å². The lowest BCUT2D eigenvalue weighted by molar-refractivity contribution is 0.199. The summed E-state index contributed by atoms with van der Waals surface area (Å²) in [4.78, 5) is 0.360. The van der Waals surface area contributed by atoms with Gasteiger partial charge in [-0.2, -0.15) is 0 Å². The van der Waals surface area contributed by atoms with Gasteiger partial charge in [0.05, 0.1) is 10.7 Å². The van der Waals surface area contributed by atoms with Gasteiger partial charge in [0.2, 0.25) is 0 Å². The third-order valence-electron chi connectivity index (χ3n) is 2.31. The van der Waals surface area contributed by atoms with Gasteiger partial charge < -0.3 is 4.74 Å². The van der Waals surface area contributed by atoms with Gasteiger partial charge in [0.15, 0.2) is 9.84 Å². The Labute approximate surface area is 119 Å². The van der Waals surface area contributed by atoms with Gasteiger partial charge in [-0.15, -0.1) is 0 Å². The van der Waals surface area contributed by atoms with Crippen LogP contribution >= 0.6 is 15.9 Å². The van der Waals surface area contributed by atoms with E-state index in [2.05, 4.69) is 22.5 Å². The maximum atomic E-state index is 12.1. The molecule has 0 aliphatic rings. The van der Waals surface area contributed by atoms with Crippen LogP contribution in [-0.4, -0.2) is 27.9 Å². The number of methoxy groups -OCH3 is 1. The Bertz CT molecular complexity index is 433. The maximum Gasteiger partial charge on any atom is 0.178 e. The van der Waals surface area contributed by atoms with E-state index >= 15 is 0 Å². The predicted octanol–water partition coefficient (Wildman–Crippen LogP) is 3.59. The van der Waals surface area contributed by atoms with Gasteiger partial charge in [-0.1, -0.05) is 35.5 Å². The van der Waals surface area contributed by atoms with E-state index in [1.54, 1.807) is 19.3 Å². The molecular weight excluding hydrogens is 316 g/mol. The molecule has 0 amide bonds. The second kappa shape index (κ2) is 8.67. The molecule has 0 atom stereocenters. The van der Waals surface area contributed by atoms with E-state index in [1.807, 2.05) is 13.8 Å². The molecule has 0 saturated heterocycles. The molecule has 0 aromatic heterocycles. The highest BCUT2D eigenvalue weighted by Crippen LogP contribution is 2.20. The summed E-state index contributed by atoms with van der Waals surface area (Å²) in [5, 5.41) is 0. The van der Waals surface area contributed by atoms with Gasteiger partial charge >= 0.3 is 0 Å². The minimum absolute atomic E-state index is 0.102. The molecule has 0 radical (unpaired) electrons. The quantitative estimate of drug-likeness (QED) is 0.502. The number of hydrogen-bond donors (Lipinski definition) is 0. The van der Waals surface area contributed by atoms with Crippen LogP contribution in [0.25, 0.3) is 0 Å². The van der Waals surface area contributed by atoms with Crippen LogP contribution in [0.4, 0.5) is 0 Å². The highest BCUT2D eigenvalue weighted by atomic mass is 79.9. The maximum absolute atomic E-state index is 12.1. The monoisotopic (exact) mass is 336 g/mol. The van der Waals surface area contributed by atoms with Gasteiger partial charge in [0, 0.05) is 18.2 Å². The van der Waals surface area contributed by atoms with Gasteiger partial charge in [0.1, 0.15) is 0 Å². The smallest absolute Gasteiger partial charge is 0.178 e. The van der Waals surface area contributed by atoms with Gasteiger partial charge in [0.25, 0.3) is 0 Å². The number of ether oxygens (including phenoxy) is 1. The largest absolute Gasteiger partial charge is 0.385 e. The summed E-state index contributed by atoms with van der Waals surface area (Å²) in [6, 6.07) is 0. The highest BCUT2D eigenvalue weighted by Gasteiger charge is 2.15. The first-order valence-corrected chi connectivity index (χ1v) is 8.24. The Morgan fingerprint density at radius 3 is 2.50 bits per heavy atom. The Balaban J connectivity index is 5.08. The van der Waals surface area contributed by atoms with E-state index in [9.17, 15) is 8.42 Å². The zero-order chi connectivity index (χ0) is 14.2. The number of hydrogen-bond acceptors (Lipinski definition) is 3. The molecule has 0 saturated carbocycles. The number of allylic oxidation sites excluding steroid dienone is 4. The van der Waals surface area contributed by atoms with Gasteiger partial charge in [-0.25, -0.2) is 8.42 Å². The molecule has 0 aromatic carbocycles. The van der Waals surface area contributed by atoms with Crippen molar-refractivity contribution in [3.63, 3.8) is 0 Å². The van der Waals surface area contributed by atoms with Crippen molar-refractivity contribution in [2.24, 2.45) is 0 Å². The lowest BCUT2D eigenvalue weighted by Crippen LogP contribution is -2.10. The summed E-state index contributed by atoms with van der Waals surface area (Å²) >= 11 is 3.25. The number of rotatable bonds is 8. The Kier molecular flexibility index (Phi) is 8.48. The average Bonchev–Trinajstić information content (AvgIpc) is 2.28. The molecule has 0 aliphatic heterocycles. The summed E-state index contributed by atoms with van der Waals surface area (Å²) in [6.07, 6.45) is 4.56. The Hall–Kier alpha value is -0.390. The van der Waals surface area contributed by atoms with Crippen molar-refractivity contribution < 1.29 is 13.2 Å². The van der Waals surface area contributed by atoms with E-state index < -0.39 is 9.84 Å². The molecule has 0 unspecified atom stereocenters. The molecule has 0 spiro atoms. The van der Waals surface area contributed by atoms with Gasteiger partial charge in [-0.3, -0.25) is 0 Å². The summed E-state index contributed by atoms with van der Waals surface area (Å²) in [6.45, 7) is 7.92. The van der Waals surface area contributed by atoms with Crippen LogP contribution in [0.3, 0.4) is 0 Å². The van der Waals surface area contributed by atoms with Crippen molar-refractivity contribution in [3.8, 4) is 0 Å². The van der Waals surface area contributed by atoms with Crippen molar-refractivity contribution >= 4 is 25.8 Å². The fraction of sp³-hybridized carbons (Fsp3) is 0.538. The topological polar surface area (TPSA) is 43.4 Å². The minimum Gasteiger partial charge on any atom is -0.385 e. The van der Waals surface area contributed by atoms with Crippen LogP contribution in [0.15, 0.2) is 33.7 Å². The molecule has 18 heavy (non-hydrogen) atoms. The molecule has 5 heteroatoms. The second-order valence-corrected chi connectivity index (χ2v) is 6.98. The van der Waals surface area contributed by atoms with Crippen molar-refractivity contribution in [2.75, 3.05) is 19.5 Å². The zero-order valence-corrected chi connectivity index (χ0v) is 13.6. The molecule has 0 heterocycles. The van der Waals surface area contributed by atoms with E-state index in [0.29, 0.717) is 28.8 Å². The summed E-state index contributed by atoms with van der Waals surface area (Å²) in [5.74, 6) is 0.102. The van der Waals surface area contributed by atoms with Crippen LogP contribution < -0.4 is 0 Å². The average molecular weight is 337 g/mol. The molecular formula is C13H21BrO3S. The fourth-order valence-electron chi connectivity index (χ4n) is 1.28. The van der Waals surface area contributed by atoms with E-state index in [4.69, 9.17) is 4.74 Å². The van der Waals surface area contributed by atoms with Crippen LogP contribution in [0, 0.1) is 0 Å². The van der Waals surface area contributed by atoms with E-state index in [-0.39, 0.29) is 5.75 Å². The minimum atomic E-state index is -3.24. The molecule has 0 bridgehead atoms. The highest BCUT2D eigenvalue weighted by molar-refractivity contribution is 9.11. The molecule has 3 nitrogen and oxygen atoms in total. The van der Waals surface area contributed by atoms with Crippen molar-refractivity contribution in [2.45, 2.75) is 26.7 Å². The number of halogens is 1. The summed E-state index contributed by atoms with van der Waals surface area (Å²) in [7, 11) is -1.68. The lowest BCUT2D eigenvalue weighted by Gasteiger charge is -2.07. The molecule has 0 fully saturated rings. The lowest BCUT2D eigenvalue weighted by atomic mass is 10.2. The summed E-state index contributed by atoms with van der Waals surface area (Å²) < 4.78 is 29.8. The first-order chi connectivity index (χ1) is 8.35. The zero-order valence-electron chi connectivity index (χ0n) is 11.2. The van der Waals surface area contributed by atoms with Crippen LogP contribution in [-0.2, 0) is 14.6 Å². The number of sulfone groups is 1. The van der Waals surface area contributed by atoms with Gasteiger partial charge in [-0.05, 0) is 31.4 Å². The predicted molar refractivity (Wildman–Crippen MR) is 80.5 cm³/mol. The van der Waals surface area contributed by atoms with Crippen molar-refractivity contribution in [1.82, 2.24) is 0 Å². The van der Waals surface area contributed by atoms with Crippen molar-refractivity contribution in [1.29, 1.82) is 0 Å². The standard InChI is InChI=1S/C13H21BrO3S/c1-5-7-13(10-11(2)12(3)14)18(15,16)9-6-8-17-4/h7,10H,3,5-6,8-9H2,1-2,4H3/b11-10-,13-7+. The second-order valence-electron chi connectivity index (χ2n) is 3.91. The van der Waals surface area contributed by atoms with Crippen LogP contribution in [0.5, 0.6) is 0 Å². The third kappa shape index (κ3) is 6.52. The SMILES string of the molecule is C=C(Br)/C(C)=C\C(=C/CC)S(=O)(=O)CCCOC. The van der Waals surface area contributed by atoms with E-state index in [0.717, 1.165) is 5.57 Å². The van der Waals surface area contributed by atoms with Crippen LogP contribution in [0.2, 0.25) is 0 Å². The first kappa shape index (κ1) is 17.6. The third-order valence-corrected chi connectivity index (χ3v) is 4.77. The molecule has 0 rings (SSSR count). The van der Waals surface area contributed by atoms with E-state index in [1.165, 1.54) is 0 Å².